The second-order valence-electron chi connectivity index (χ2n) is 5.75. The Morgan fingerprint density at radius 2 is 1.52 bits per heavy atom. The molecule has 0 unspecified atom stereocenters. The number of alkyl halides is 3. The van der Waals surface area contributed by atoms with E-state index in [-0.39, 0.29) is 0 Å². The summed E-state index contributed by atoms with van der Waals surface area (Å²) < 4.78 is 101. The van der Waals surface area contributed by atoms with Crippen molar-refractivity contribution in [3.8, 4) is 0 Å². The molecule has 0 bridgehead atoms. The van der Waals surface area contributed by atoms with E-state index in [4.69, 9.17) is 0 Å². The van der Waals surface area contributed by atoms with E-state index < -0.39 is 19.5 Å². The number of hydrogen-bond acceptors (Lipinski definition) is 2. The zero-order valence-electron chi connectivity index (χ0n) is 14.3. The van der Waals surface area contributed by atoms with Crippen LogP contribution in [0.15, 0.2) is 18.2 Å². The molecule has 0 amide bonds. The van der Waals surface area contributed by atoms with Crippen LogP contribution in [0, 0.1) is 0 Å². The first-order chi connectivity index (χ1) is 11.7. The van der Waals surface area contributed by atoms with E-state index in [0.717, 1.165) is 12.1 Å². The molecule has 2 aromatic rings. The number of hydrogen-bond donors (Lipinski definition) is 0. The minimum absolute atomic E-state index is 0.317. The first kappa shape index (κ1) is 22.9. The van der Waals surface area contributed by atoms with E-state index in [1.807, 2.05) is 0 Å². The number of fused-ring (bicyclic) bond motifs is 1. The van der Waals surface area contributed by atoms with Crippen molar-refractivity contribution in [2.24, 2.45) is 0 Å². The molecule has 15 heteroatoms. The van der Waals surface area contributed by atoms with Gasteiger partial charge in [0, 0.05) is 5.21 Å². The van der Waals surface area contributed by atoms with Crippen molar-refractivity contribution in [3.63, 3.8) is 0 Å². The molecule has 27 heavy (non-hydrogen) atoms. The Morgan fingerprint density at radius 3 is 1.89 bits per heavy atom. The van der Waals surface area contributed by atoms with Gasteiger partial charge >= 0.3 is 45.1 Å². The summed E-state index contributed by atoms with van der Waals surface area (Å²) in [6, 6.07) is 3.39. The summed E-state index contributed by atoms with van der Waals surface area (Å²) in [6.07, 6.45) is -4.39. The normalized spacial score (nSPS) is 14.7. The van der Waals surface area contributed by atoms with Crippen molar-refractivity contribution < 1.29 is 42.9 Å². The van der Waals surface area contributed by atoms with E-state index >= 15 is 0 Å². The standard InChI is InChI=1S/C12H15F3N5.F6P/c1-18(2)11(19(3)4)20-10-7-8(12(13,14)15)5-6-9(10)16-17-20;1-7(2,3,4,5)6/h5-7H,1-4H3;/q+1;-1. The summed E-state index contributed by atoms with van der Waals surface area (Å²) in [4.78, 5) is 1.76. The Kier molecular flexibility index (Phi) is 5.28. The van der Waals surface area contributed by atoms with Crippen molar-refractivity contribution in [3.05, 3.63) is 23.8 Å². The number of nitrogens with zero attached hydrogens (tertiary/aromatic N) is 5. The second kappa shape index (κ2) is 6.21. The average molecular weight is 431 g/mol. The van der Waals surface area contributed by atoms with Gasteiger partial charge in [0.25, 0.3) is 0 Å². The number of benzene rings is 1. The fourth-order valence-electron chi connectivity index (χ4n) is 2.02. The average Bonchev–Trinajstić information content (AvgIpc) is 2.76. The predicted molar refractivity (Wildman–Crippen MR) is 82.3 cm³/mol. The molecule has 5 nitrogen and oxygen atoms in total. The van der Waals surface area contributed by atoms with E-state index in [1.165, 1.54) is 10.7 Å². The molecular weight excluding hydrogens is 416 g/mol. The number of rotatable bonds is 0. The number of halogens is 9. The molecule has 0 radical (unpaired) electrons. The Morgan fingerprint density at radius 1 is 1.04 bits per heavy atom. The van der Waals surface area contributed by atoms with Gasteiger partial charge in [-0.2, -0.15) is 13.2 Å². The molecule has 156 valence electrons. The van der Waals surface area contributed by atoms with Gasteiger partial charge in [-0.25, -0.2) is 0 Å². The molecule has 0 aliphatic rings. The summed E-state index contributed by atoms with van der Waals surface area (Å²) in [6.45, 7) is 0. The SMILES string of the molecule is CN(C)C(n1nnc2ccc(C(F)(F)F)cc21)=[N+](C)C.F[P-](F)(F)(F)(F)F. The van der Waals surface area contributed by atoms with Crippen LogP contribution < -0.4 is 0 Å². The van der Waals surface area contributed by atoms with Crippen LogP contribution in [-0.2, 0) is 6.18 Å². The van der Waals surface area contributed by atoms with E-state index in [0.29, 0.717) is 17.0 Å². The molecule has 0 aliphatic heterocycles. The summed E-state index contributed by atoms with van der Waals surface area (Å²) in [5.74, 6) is 0.617. The van der Waals surface area contributed by atoms with Crippen LogP contribution in [0.1, 0.15) is 5.56 Å². The topological polar surface area (TPSA) is 37.0 Å². The van der Waals surface area contributed by atoms with Gasteiger partial charge in [0.2, 0.25) is 0 Å². The van der Waals surface area contributed by atoms with E-state index in [2.05, 4.69) is 10.3 Å². The summed E-state index contributed by atoms with van der Waals surface area (Å²) in [7, 11) is -3.50. The molecule has 1 aromatic heterocycles. The maximum absolute atomic E-state index is 12.8. The zero-order chi connectivity index (χ0) is 21.5. The number of aromatic nitrogens is 3. The van der Waals surface area contributed by atoms with Crippen LogP contribution >= 0.6 is 7.81 Å². The van der Waals surface area contributed by atoms with Gasteiger partial charge in [-0.3, -0.25) is 9.48 Å². The molecule has 0 N–H and O–H groups in total. The van der Waals surface area contributed by atoms with Crippen molar-refractivity contribution in [1.82, 2.24) is 19.9 Å². The maximum atomic E-state index is 12.8. The molecule has 1 aromatic carbocycles. The second-order valence-corrected chi connectivity index (χ2v) is 7.67. The van der Waals surface area contributed by atoms with E-state index in [9.17, 15) is 38.4 Å². The summed E-state index contributed by atoms with van der Waals surface area (Å²) in [5.41, 5.74) is 0.0156. The molecule has 0 atom stereocenters. The monoisotopic (exact) mass is 431 g/mol. The van der Waals surface area contributed by atoms with Crippen LogP contribution in [0.3, 0.4) is 0 Å². The van der Waals surface area contributed by atoms with Gasteiger partial charge in [-0.15, -0.1) is 5.10 Å². The third kappa shape index (κ3) is 7.97. The Labute approximate surface area is 146 Å². The third-order valence-corrected chi connectivity index (χ3v) is 2.76. The van der Waals surface area contributed by atoms with Gasteiger partial charge in [0.15, 0.2) is 5.52 Å². The molecule has 0 saturated heterocycles. The molecule has 0 saturated carbocycles. The molecule has 2 rings (SSSR count). The summed E-state index contributed by atoms with van der Waals surface area (Å²) in [5, 5.41) is 7.84. The Bertz CT molecular complexity index is 850. The fraction of sp³-hybridized carbons (Fsp3) is 0.417. The van der Waals surface area contributed by atoms with E-state index in [1.54, 1.807) is 37.7 Å². The van der Waals surface area contributed by atoms with Crippen LogP contribution in [-0.4, -0.2) is 58.6 Å². The fourth-order valence-corrected chi connectivity index (χ4v) is 2.02. The summed E-state index contributed by atoms with van der Waals surface area (Å²) >= 11 is 0. The van der Waals surface area contributed by atoms with Crippen molar-refractivity contribution >= 4 is 24.8 Å². The van der Waals surface area contributed by atoms with Crippen LogP contribution in [0.5, 0.6) is 0 Å². The van der Waals surface area contributed by atoms with Gasteiger partial charge in [0.1, 0.15) is 5.52 Å². The quantitative estimate of drug-likeness (QED) is 0.196. The zero-order valence-corrected chi connectivity index (χ0v) is 15.2. The third-order valence-electron chi connectivity index (χ3n) is 2.76. The molecule has 0 spiro atoms. The van der Waals surface area contributed by atoms with Crippen molar-refractivity contribution in [1.29, 1.82) is 0 Å². The van der Waals surface area contributed by atoms with Gasteiger partial charge in [-0.05, 0) is 18.2 Å². The van der Waals surface area contributed by atoms with Crippen molar-refractivity contribution in [2.45, 2.75) is 6.18 Å². The van der Waals surface area contributed by atoms with Crippen LogP contribution in [0.4, 0.5) is 38.4 Å². The minimum atomic E-state index is -10.7. The Balaban J connectivity index is 0.000000445. The molecule has 0 aliphatic carbocycles. The molecule has 1 heterocycles. The first-order valence-electron chi connectivity index (χ1n) is 6.88. The van der Waals surface area contributed by atoms with Crippen molar-refractivity contribution in [2.75, 3.05) is 28.2 Å². The molecule has 0 fully saturated rings. The van der Waals surface area contributed by atoms with Gasteiger partial charge in [-0.1, -0.05) is 4.68 Å². The van der Waals surface area contributed by atoms with Crippen LogP contribution in [0.2, 0.25) is 0 Å². The van der Waals surface area contributed by atoms with Crippen LogP contribution in [0.25, 0.3) is 11.0 Å². The molecular formula is C12H15F9N5P. The first-order valence-corrected chi connectivity index (χ1v) is 8.90. The predicted octanol–water partition coefficient (Wildman–Crippen LogP) is 4.87. The Hall–Kier alpha value is -2.11. The van der Waals surface area contributed by atoms with Gasteiger partial charge in [0.05, 0.1) is 33.8 Å². The van der Waals surface area contributed by atoms with Gasteiger partial charge < -0.3 is 0 Å².